The van der Waals surface area contributed by atoms with Crippen LogP contribution in [0.5, 0.6) is 0 Å². The van der Waals surface area contributed by atoms with Crippen molar-refractivity contribution in [2.45, 2.75) is 56.5 Å². The lowest BCUT2D eigenvalue weighted by atomic mass is 9.97. The highest BCUT2D eigenvalue weighted by atomic mass is 32.2. The zero-order valence-corrected chi connectivity index (χ0v) is 15.0. The van der Waals surface area contributed by atoms with E-state index in [4.69, 9.17) is 0 Å². The molecule has 0 fully saturated rings. The van der Waals surface area contributed by atoms with E-state index >= 15 is 0 Å². The Kier molecular flexibility index (Phi) is 4.36. The van der Waals surface area contributed by atoms with E-state index in [1.165, 1.54) is 28.6 Å². The summed E-state index contributed by atoms with van der Waals surface area (Å²) in [6, 6.07) is 0. The molecule has 0 spiro atoms. The predicted molar refractivity (Wildman–Crippen MR) is 94.6 cm³/mol. The Bertz CT molecular complexity index is 928. The summed E-state index contributed by atoms with van der Waals surface area (Å²) in [7, 11) is 0. The van der Waals surface area contributed by atoms with Gasteiger partial charge in [-0.05, 0) is 48.1 Å². The quantitative estimate of drug-likeness (QED) is 0.554. The number of nitrogens with zero attached hydrogens (tertiary/aromatic N) is 5. The van der Waals surface area contributed by atoms with Crippen molar-refractivity contribution in [3.05, 3.63) is 26.6 Å². The van der Waals surface area contributed by atoms with Crippen LogP contribution in [0.1, 0.15) is 42.5 Å². The Morgan fingerprint density at radius 2 is 2.21 bits per heavy atom. The first-order chi connectivity index (χ1) is 11.8. The molecule has 1 aliphatic rings. The summed E-state index contributed by atoms with van der Waals surface area (Å²) < 4.78 is 1.80. The molecule has 24 heavy (non-hydrogen) atoms. The van der Waals surface area contributed by atoms with Crippen LogP contribution >= 0.6 is 23.1 Å². The van der Waals surface area contributed by atoms with Gasteiger partial charge in [-0.25, -0.2) is 9.67 Å². The van der Waals surface area contributed by atoms with Crippen molar-refractivity contribution in [2.75, 3.05) is 0 Å². The second-order valence-corrected chi connectivity index (χ2v) is 7.92. The van der Waals surface area contributed by atoms with Crippen LogP contribution in [0.15, 0.2) is 9.95 Å². The molecule has 4 rings (SSSR count). The van der Waals surface area contributed by atoms with Crippen molar-refractivity contribution in [1.29, 1.82) is 0 Å². The number of aromatic amines is 1. The Morgan fingerprint density at radius 3 is 3.08 bits per heavy atom. The van der Waals surface area contributed by atoms with Crippen LogP contribution in [0.25, 0.3) is 10.2 Å². The number of rotatable bonds is 5. The molecule has 3 aromatic heterocycles. The number of thiophene rings is 1. The monoisotopic (exact) mass is 362 g/mol. The number of tetrazole rings is 1. The average molecular weight is 362 g/mol. The minimum Gasteiger partial charge on any atom is -0.301 e. The van der Waals surface area contributed by atoms with E-state index in [9.17, 15) is 4.79 Å². The Balaban J connectivity index is 1.61. The number of aromatic nitrogens is 6. The standard InChI is InChI=1S/C15H18N6OS2/c1-2-7-21-11(18-19-20-21)8-23-15-16-13(22)12-9-5-3-4-6-10(9)24-14(12)17-15/h2-8H2,1H3,(H,16,17,22). The molecular formula is C15H18N6OS2. The number of hydrogen-bond acceptors (Lipinski definition) is 7. The minimum absolute atomic E-state index is 0.0185. The summed E-state index contributed by atoms with van der Waals surface area (Å²) >= 11 is 3.14. The van der Waals surface area contributed by atoms with Crippen molar-refractivity contribution in [3.8, 4) is 0 Å². The third kappa shape index (κ3) is 2.86. The molecule has 9 heteroatoms. The van der Waals surface area contributed by atoms with Gasteiger partial charge in [0, 0.05) is 11.4 Å². The second kappa shape index (κ2) is 6.64. The first kappa shape index (κ1) is 15.8. The molecule has 0 saturated carbocycles. The highest BCUT2D eigenvalue weighted by Crippen LogP contribution is 2.34. The topological polar surface area (TPSA) is 89.3 Å². The molecule has 0 unspecified atom stereocenters. The van der Waals surface area contributed by atoms with Crippen molar-refractivity contribution in [3.63, 3.8) is 0 Å². The lowest BCUT2D eigenvalue weighted by Crippen LogP contribution is -2.11. The summed E-state index contributed by atoms with van der Waals surface area (Å²) in [5, 5.41) is 13.2. The van der Waals surface area contributed by atoms with Crippen LogP contribution in [-0.2, 0) is 25.1 Å². The molecular weight excluding hydrogens is 344 g/mol. The molecule has 126 valence electrons. The van der Waals surface area contributed by atoms with Gasteiger partial charge < -0.3 is 4.98 Å². The maximum Gasteiger partial charge on any atom is 0.260 e. The van der Waals surface area contributed by atoms with Gasteiger partial charge in [0.2, 0.25) is 0 Å². The Morgan fingerprint density at radius 1 is 1.33 bits per heavy atom. The molecule has 7 nitrogen and oxygen atoms in total. The first-order valence-electron chi connectivity index (χ1n) is 8.18. The molecule has 3 aromatic rings. The van der Waals surface area contributed by atoms with E-state index in [1.54, 1.807) is 16.0 Å². The van der Waals surface area contributed by atoms with Gasteiger partial charge in [-0.15, -0.1) is 16.4 Å². The Hall–Kier alpha value is -1.74. The zero-order valence-electron chi connectivity index (χ0n) is 13.4. The molecule has 0 atom stereocenters. The maximum atomic E-state index is 12.5. The number of thioether (sulfide) groups is 1. The summed E-state index contributed by atoms with van der Waals surface area (Å²) in [5.41, 5.74) is 1.20. The number of hydrogen-bond donors (Lipinski definition) is 1. The van der Waals surface area contributed by atoms with Crippen molar-refractivity contribution in [2.24, 2.45) is 0 Å². The molecule has 3 heterocycles. The fourth-order valence-corrected chi connectivity index (χ4v) is 5.17. The Labute approximate surface area is 146 Å². The van der Waals surface area contributed by atoms with Gasteiger partial charge in [-0.3, -0.25) is 4.79 Å². The average Bonchev–Trinajstić information content (AvgIpc) is 3.17. The van der Waals surface area contributed by atoms with Gasteiger partial charge in [0.05, 0.1) is 11.1 Å². The van der Waals surface area contributed by atoms with Gasteiger partial charge >= 0.3 is 0 Å². The molecule has 0 bridgehead atoms. The summed E-state index contributed by atoms with van der Waals surface area (Å²) in [6.45, 7) is 2.88. The fourth-order valence-electron chi connectivity index (χ4n) is 3.06. The lowest BCUT2D eigenvalue weighted by molar-refractivity contribution is 0.564. The second-order valence-electron chi connectivity index (χ2n) is 5.87. The van der Waals surface area contributed by atoms with Crippen molar-refractivity contribution >= 4 is 33.3 Å². The van der Waals surface area contributed by atoms with E-state index in [1.807, 2.05) is 0 Å². The van der Waals surface area contributed by atoms with Crippen LogP contribution in [0.2, 0.25) is 0 Å². The molecule has 0 saturated heterocycles. The van der Waals surface area contributed by atoms with Gasteiger partial charge in [0.15, 0.2) is 11.0 Å². The number of fused-ring (bicyclic) bond motifs is 3. The zero-order chi connectivity index (χ0) is 16.5. The third-order valence-corrected chi connectivity index (χ3v) is 6.24. The van der Waals surface area contributed by atoms with E-state index in [0.717, 1.165) is 48.3 Å². The summed E-state index contributed by atoms with van der Waals surface area (Å²) in [4.78, 5) is 22.3. The lowest BCUT2D eigenvalue weighted by Gasteiger charge is -2.09. The maximum absolute atomic E-state index is 12.5. The molecule has 0 amide bonds. The predicted octanol–water partition coefficient (Wildman–Crippen LogP) is 2.55. The summed E-state index contributed by atoms with van der Waals surface area (Å²) in [6.07, 6.45) is 5.42. The van der Waals surface area contributed by atoms with Crippen LogP contribution in [0.3, 0.4) is 0 Å². The van der Waals surface area contributed by atoms with Crippen LogP contribution in [0.4, 0.5) is 0 Å². The first-order valence-corrected chi connectivity index (χ1v) is 9.99. The third-order valence-electron chi connectivity index (χ3n) is 4.18. The van der Waals surface area contributed by atoms with Gasteiger partial charge in [-0.2, -0.15) is 0 Å². The minimum atomic E-state index is -0.0185. The molecule has 1 aliphatic carbocycles. The van der Waals surface area contributed by atoms with Crippen LogP contribution < -0.4 is 5.56 Å². The number of nitrogens with one attached hydrogen (secondary N) is 1. The summed E-state index contributed by atoms with van der Waals surface area (Å²) in [5.74, 6) is 1.39. The van der Waals surface area contributed by atoms with Crippen LogP contribution in [-0.4, -0.2) is 30.2 Å². The van der Waals surface area contributed by atoms with Crippen molar-refractivity contribution in [1.82, 2.24) is 30.2 Å². The SMILES string of the molecule is CCCn1nnnc1CSc1nc2sc3c(c2c(=O)[nH]1)CCCC3. The molecule has 1 N–H and O–H groups in total. The molecule has 0 aromatic carbocycles. The highest BCUT2D eigenvalue weighted by Gasteiger charge is 2.20. The number of H-pyrrole nitrogens is 1. The van der Waals surface area contributed by atoms with Gasteiger partial charge in [0.25, 0.3) is 5.56 Å². The smallest absolute Gasteiger partial charge is 0.260 e. The van der Waals surface area contributed by atoms with E-state index in [0.29, 0.717) is 10.9 Å². The normalized spacial score (nSPS) is 14.2. The molecule has 0 aliphatic heterocycles. The van der Waals surface area contributed by atoms with Gasteiger partial charge in [-0.1, -0.05) is 18.7 Å². The van der Waals surface area contributed by atoms with Crippen molar-refractivity contribution < 1.29 is 0 Å². The fraction of sp³-hybridized carbons (Fsp3) is 0.533. The number of aryl methyl sites for hydroxylation is 3. The van der Waals surface area contributed by atoms with E-state index in [2.05, 4.69) is 32.4 Å². The van der Waals surface area contributed by atoms with Crippen LogP contribution in [0, 0.1) is 0 Å². The van der Waals surface area contributed by atoms with Gasteiger partial charge in [0.1, 0.15) is 4.83 Å². The highest BCUT2D eigenvalue weighted by molar-refractivity contribution is 7.98. The molecule has 0 radical (unpaired) electrons. The largest absolute Gasteiger partial charge is 0.301 e. The van der Waals surface area contributed by atoms with E-state index < -0.39 is 0 Å². The van der Waals surface area contributed by atoms with E-state index in [-0.39, 0.29) is 5.56 Å².